The smallest absolute Gasteiger partial charge is 0.231 e. The molecular weight excluding hydrogens is 468 g/mol. The Bertz CT molecular complexity index is 1450. The first-order valence-corrected chi connectivity index (χ1v) is 13.3. The summed E-state index contributed by atoms with van der Waals surface area (Å²) in [5, 5.41) is 5.80. The number of allylic oxidation sites excluding steroid dienone is 1. The van der Waals surface area contributed by atoms with Gasteiger partial charge in [0.2, 0.25) is 11.9 Å². The number of nitrogens with two attached hydrogens (primary N) is 2. The number of anilines is 3. The number of aromatic nitrogens is 4. The minimum absolute atomic E-state index is 0.0655. The van der Waals surface area contributed by atoms with Crippen molar-refractivity contribution in [1.29, 1.82) is 0 Å². The summed E-state index contributed by atoms with van der Waals surface area (Å²) in [6, 6.07) is 6.48. The molecule has 3 aromatic rings. The van der Waals surface area contributed by atoms with Crippen molar-refractivity contribution in [2.45, 2.75) is 30.2 Å². The van der Waals surface area contributed by atoms with E-state index in [9.17, 15) is 13.2 Å². The Labute approximate surface area is 201 Å². The van der Waals surface area contributed by atoms with Crippen LogP contribution in [-0.4, -0.2) is 52.1 Å². The fourth-order valence-electron chi connectivity index (χ4n) is 5.81. The van der Waals surface area contributed by atoms with E-state index in [-0.39, 0.29) is 41.4 Å². The zero-order valence-electron chi connectivity index (χ0n) is 18.8. The average Bonchev–Trinajstić information content (AvgIpc) is 3.59. The van der Waals surface area contributed by atoms with Crippen LogP contribution in [0.5, 0.6) is 0 Å². The number of hydrogen-bond acceptors (Lipinski definition) is 9. The van der Waals surface area contributed by atoms with Gasteiger partial charge in [-0.1, -0.05) is 30.4 Å². The molecule has 0 spiro atoms. The van der Waals surface area contributed by atoms with Gasteiger partial charge in [-0.15, -0.1) is 0 Å². The van der Waals surface area contributed by atoms with E-state index >= 15 is 0 Å². The summed E-state index contributed by atoms with van der Waals surface area (Å²) < 4.78 is 25.4. The van der Waals surface area contributed by atoms with Gasteiger partial charge < -0.3 is 27.1 Å². The molecule has 6 unspecified atom stereocenters. The molecule has 2 fully saturated rings. The van der Waals surface area contributed by atoms with Crippen LogP contribution in [0.1, 0.15) is 23.7 Å². The first kappa shape index (κ1) is 22.0. The maximum Gasteiger partial charge on any atom is 0.231 e. The number of benzene rings is 1. The molecule has 6 rings (SSSR count). The molecule has 2 bridgehead atoms. The minimum atomic E-state index is -3.36. The Balaban J connectivity index is 1.36. The first-order chi connectivity index (χ1) is 16.8. The van der Waals surface area contributed by atoms with Gasteiger partial charge in [-0.3, -0.25) is 4.79 Å². The lowest BCUT2D eigenvalue weighted by Gasteiger charge is -2.27. The van der Waals surface area contributed by atoms with Gasteiger partial charge in [0.1, 0.15) is 10.8 Å². The number of H-pyrrole nitrogens is 1. The molecule has 2 aromatic heterocycles. The van der Waals surface area contributed by atoms with Crippen LogP contribution in [0.3, 0.4) is 0 Å². The summed E-state index contributed by atoms with van der Waals surface area (Å²) in [6.45, 7) is 0. The lowest BCUT2D eigenvalue weighted by molar-refractivity contribution is -0.122. The van der Waals surface area contributed by atoms with Crippen LogP contribution >= 0.6 is 0 Å². The van der Waals surface area contributed by atoms with Crippen molar-refractivity contribution in [3.8, 4) is 0 Å². The SMILES string of the molecule is NC(=O)C1C2C=CC(C2)C1Nc1nc(Nc2ccccc2C2C(N)CCS2(=O)=O)nc2nc[nH]c12. The molecular formula is C23H26N8O3S. The number of fused-ring (bicyclic) bond motifs is 3. The second-order valence-corrected chi connectivity index (χ2v) is 11.7. The molecule has 1 aliphatic heterocycles. The number of nitrogens with zero attached hydrogens (tertiary/aromatic N) is 3. The van der Waals surface area contributed by atoms with E-state index in [1.165, 1.54) is 6.33 Å². The maximum atomic E-state index is 12.7. The number of rotatable bonds is 6. The summed E-state index contributed by atoms with van der Waals surface area (Å²) in [4.78, 5) is 28.7. The first-order valence-electron chi connectivity index (χ1n) is 11.6. The number of nitrogens with one attached hydrogen (secondary N) is 3. The molecule has 11 nitrogen and oxygen atoms in total. The molecule has 12 heteroatoms. The van der Waals surface area contributed by atoms with Crippen LogP contribution in [0.15, 0.2) is 42.7 Å². The Morgan fingerprint density at radius 2 is 1.94 bits per heavy atom. The summed E-state index contributed by atoms with van der Waals surface area (Å²) in [6.07, 6.45) is 7.00. The number of aromatic amines is 1. The van der Waals surface area contributed by atoms with Crippen LogP contribution in [-0.2, 0) is 14.6 Å². The van der Waals surface area contributed by atoms with E-state index in [2.05, 4.69) is 42.7 Å². The van der Waals surface area contributed by atoms with Crippen molar-refractivity contribution >= 4 is 44.4 Å². The van der Waals surface area contributed by atoms with Crippen molar-refractivity contribution in [2.24, 2.45) is 29.2 Å². The Morgan fingerprint density at radius 3 is 2.71 bits per heavy atom. The monoisotopic (exact) mass is 494 g/mol. The lowest BCUT2D eigenvalue weighted by Crippen LogP contribution is -2.41. The minimum Gasteiger partial charge on any atom is -0.369 e. The van der Waals surface area contributed by atoms with E-state index in [0.29, 0.717) is 34.7 Å². The largest absolute Gasteiger partial charge is 0.369 e. The van der Waals surface area contributed by atoms with Crippen molar-refractivity contribution in [2.75, 3.05) is 16.4 Å². The third-order valence-corrected chi connectivity index (χ3v) is 9.58. The van der Waals surface area contributed by atoms with Gasteiger partial charge in [-0.2, -0.15) is 9.97 Å². The number of carbonyl (C=O) groups is 1. The van der Waals surface area contributed by atoms with Gasteiger partial charge in [0, 0.05) is 17.8 Å². The Kier molecular flexibility index (Phi) is 5.04. The topological polar surface area (TPSA) is 182 Å². The van der Waals surface area contributed by atoms with Crippen LogP contribution in [0.25, 0.3) is 11.2 Å². The summed E-state index contributed by atoms with van der Waals surface area (Å²) >= 11 is 0. The Morgan fingerprint density at radius 1 is 1.14 bits per heavy atom. The summed E-state index contributed by atoms with van der Waals surface area (Å²) in [5.41, 5.74) is 14.1. The third kappa shape index (κ3) is 3.64. The van der Waals surface area contributed by atoms with Gasteiger partial charge in [0.15, 0.2) is 21.3 Å². The highest BCUT2D eigenvalue weighted by Gasteiger charge is 2.48. The fraction of sp³-hybridized carbons (Fsp3) is 0.391. The molecule has 35 heavy (non-hydrogen) atoms. The number of para-hydroxylation sites is 1. The molecule has 182 valence electrons. The fourth-order valence-corrected chi connectivity index (χ4v) is 7.92. The van der Waals surface area contributed by atoms with Crippen molar-refractivity contribution in [1.82, 2.24) is 19.9 Å². The number of hydrogen-bond donors (Lipinski definition) is 5. The van der Waals surface area contributed by atoms with Gasteiger partial charge in [-0.05, 0) is 36.3 Å². The standard InChI is InChI=1S/C23H26N8O3S/c24-14-7-8-35(33,34)19(14)13-3-1-2-4-15(13)28-23-30-21-18(26-10-27-21)22(31-23)29-17-12-6-5-11(9-12)16(17)20(25)32/h1-6,10-12,14,16-17,19H,7-9,24H2,(H2,25,32)(H3,26,27,28,29,30,31). The molecule has 6 atom stereocenters. The molecule has 3 aliphatic rings. The van der Waals surface area contributed by atoms with Crippen LogP contribution in [0.2, 0.25) is 0 Å². The van der Waals surface area contributed by atoms with Crippen LogP contribution in [0, 0.1) is 17.8 Å². The molecule has 1 aromatic carbocycles. The third-order valence-electron chi connectivity index (χ3n) is 7.40. The molecule has 0 radical (unpaired) electrons. The van der Waals surface area contributed by atoms with Crippen molar-refractivity contribution in [3.05, 3.63) is 48.3 Å². The number of imidazole rings is 1. The van der Waals surface area contributed by atoms with Crippen molar-refractivity contribution < 1.29 is 13.2 Å². The van der Waals surface area contributed by atoms with Gasteiger partial charge in [-0.25, -0.2) is 13.4 Å². The summed E-state index contributed by atoms with van der Waals surface area (Å²) in [5.74, 6) is 0.441. The summed E-state index contributed by atoms with van der Waals surface area (Å²) in [7, 11) is -3.36. The van der Waals surface area contributed by atoms with E-state index < -0.39 is 21.1 Å². The predicted octanol–water partition coefficient (Wildman–Crippen LogP) is 1.37. The molecule has 3 heterocycles. The predicted molar refractivity (Wildman–Crippen MR) is 131 cm³/mol. The second kappa shape index (κ2) is 8.02. The lowest BCUT2D eigenvalue weighted by atomic mass is 9.88. The highest BCUT2D eigenvalue weighted by atomic mass is 32.2. The van der Waals surface area contributed by atoms with Gasteiger partial charge in [0.25, 0.3) is 0 Å². The van der Waals surface area contributed by atoms with E-state index in [1.54, 1.807) is 18.2 Å². The quantitative estimate of drug-likeness (QED) is 0.316. The zero-order chi connectivity index (χ0) is 24.3. The van der Waals surface area contributed by atoms with Crippen LogP contribution < -0.4 is 22.1 Å². The molecule has 1 saturated carbocycles. The van der Waals surface area contributed by atoms with E-state index in [0.717, 1.165) is 6.42 Å². The Hall–Kier alpha value is -3.51. The van der Waals surface area contributed by atoms with E-state index in [1.807, 2.05) is 6.07 Å². The number of amides is 1. The van der Waals surface area contributed by atoms with Crippen LogP contribution in [0.4, 0.5) is 17.5 Å². The van der Waals surface area contributed by atoms with Crippen molar-refractivity contribution in [3.63, 3.8) is 0 Å². The van der Waals surface area contributed by atoms with E-state index in [4.69, 9.17) is 11.5 Å². The normalized spacial score (nSPS) is 30.7. The highest BCUT2D eigenvalue weighted by molar-refractivity contribution is 7.92. The maximum absolute atomic E-state index is 12.7. The number of sulfone groups is 1. The second-order valence-electron chi connectivity index (χ2n) is 9.50. The highest BCUT2D eigenvalue weighted by Crippen LogP contribution is 2.45. The van der Waals surface area contributed by atoms with Gasteiger partial charge >= 0.3 is 0 Å². The number of primary amides is 1. The number of carbonyl (C=O) groups excluding carboxylic acids is 1. The molecule has 1 saturated heterocycles. The molecule has 2 aliphatic carbocycles. The average molecular weight is 495 g/mol. The molecule has 1 amide bonds. The molecule has 7 N–H and O–H groups in total. The zero-order valence-corrected chi connectivity index (χ0v) is 19.6. The van der Waals surface area contributed by atoms with Gasteiger partial charge in [0.05, 0.1) is 18.0 Å².